The number of hydrogen-bond donors (Lipinski definition) is 1. The lowest BCUT2D eigenvalue weighted by atomic mass is 10.0. The molecule has 0 aliphatic carbocycles. The van der Waals surface area contributed by atoms with Gasteiger partial charge in [-0.3, -0.25) is 14.9 Å². The predicted octanol–water partition coefficient (Wildman–Crippen LogP) is 2.03. The molecule has 1 aromatic carbocycles. The van der Waals surface area contributed by atoms with Crippen LogP contribution in [0.4, 0.5) is 11.4 Å². The number of nitrogens with one attached hydrogen (secondary N) is 1. The number of benzene rings is 1. The highest BCUT2D eigenvalue weighted by atomic mass is 16.6. The van der Waals surface area contributed by atoms with Gasteiger partial charge in [-0.25, -0.2) is 0 Å². The molecule has 1 rings (SSSR count). The molecule has 0 aromatic heterocycles. The molecule has 0 atom stereocenters. The van der Waals surface area contributed by atoms with Gasteiger partial charge in [0.05, 0.1) is 4.92 Å². The summed E-state index contributed by atoms with van der Waals surface area (Å²) in [5, 5.41) is 13.2. The van der Waals surface area contributed by atoms with Gasteiger partial charge >= 0.3 is 0 Å². The van der Waals surface area contributed by atoms with Crippen molar-refractivity contribution in [1.82, 2.24) is 0 Å². The number of amides is 1. The highest BCUT2D eigenvalue weighted by Gasteiger charge is 2.15. The van der Waals surface area contributed by atoms with Crippen molar-refractivity contribution in [3.8, 4) is 0 Å². The van der Waals surface area contributed by atoms with Crippen LogP contribution in [-0.2, 0) is 11.2 Å². The lowest BCUT2D eigenvalue weighted by molar-refractivity contribution is -0.385. The van der Waals surface area contributed by atoms with Gasteiger partial charge < -0.3 is 5.32 Å². The number of nitro groups is 1. The van der Waals surface area contributed by atoms with E-state index in [4.69, 9.17) is 0 Å². The molecule has 15 heavy (non-hydrogen) atoms. The summed E-state index contributed by atoms with van der Waals surface area (Å²) in [4.78, 5) is 20.6. The van der Waals surface area contributed by atoms with Crippen LogP contribution >= 0.6 is 0 Å². The zero-order valence-electron chi connectivity index (χ0n) is 8.61. The highest BCUT2D eigenvalue weighted by Crippen LogP contribution is 2.28. The van der Waals surface area contributed by atoms with Gasteiger partial charge in [0.1, 0.15) is 0 Å². The molecular weight excluding hydrogens is 196 g/mol. The molecule has 80 valence electrons. The van der Waals surface area contributed by atoms with Crippen LogP contribution in [0.5, 0.6) is 0 Å². The lowest BCUT2D eigenvalue weighted by Gasteiger charge is -2.09. The molecule has 0 aliphatic rings. The van der Waals surface area contributed by atoms with Gasteiger partial charge in [0.15, 0.2) is 0 Å². The van der Waals surface area contributed by atoms with E-state index in [0.717, 1.165) is 5.56 Å². The summed E-state index contributed by atoms with van der Waals surface area (Å²) in [6.45, 7) is 3.58. The molecule has 0 spiro atoms. The van der Waals surface area contributed by atoms with E-state index in [1.54, 1.807) is 13.0 Å². The Bertz CT molecular complexity index is 402. The van der Waals surface area contributed by atoms with Gasteiger partial charge in [0.25, 0.3) is 5.69 Å². The molecule has 0 saturated heterocycles. The summed E-state index contributed by atoms with van der Waals surface area (Å²) in [5.74, 6) is 0. The summed E-state index contributed by atoms with van der Waals surface area (Å²) in [7, 11) is 0. The average molecular weight is 208 g/mol. The monoisotopic (exact) mass is 208 g/mol. The second-order valence-corrected chi connectivity index (χ2v) is 3.11. The number of nitrogens with zero attached hydrogens (tertiary/aromatic N) is 1. The Balaban J connectivity index is 3.31. The van der Waals surface area contributed by atoms with Crippen molar-refractivity contribution < 1.29 is 9.72 Å². The molecule has 5 nitrogen and oxygen atoms in total. The largest absolute Gasteiger partial charge is 0.328 e. The van der Waals surface area contributed by atoms with Crippen LogP contribution in [-0.4, -0.2) is 11.3 Å². The minimum absolute atomic E-state index is 0.0864. The molecule has 0 heterocycles. The fourth-order valence-corrected chi connectivity index (χ4v) is 1.60. The molecule has 0 saturated carbocycles. The van der Waals surface area contributed by atoms with Gasteiger partial charge in [0, 0.05) is 17.3 Å². The Morgan fingerprint density at radius 3 is 2.67 bits per heavy atom. The fourth-order valence-electron chi connectivity index (χ4n) is 1.60. The maximum atomic E-state index is 10.7. The predicted molar refractivity (Wildman–Crippen MR) is 56.9 cm³/mol. The first-order valence-electron chi connectivity index (χ1n) is 4.58. The summed E-state index contributed by atoms with van der Waals surface area (Å²) in [6.07, 6.45) is 1.21. The van der Waals surface area contributed by atoms with Crippen molar-refractivity contribution in [2.75, 3.05) is 5.32 Å². The first-order valence-corrected chi connectivity index (χ1v) is 4.58. The minimum Gasteiger partial charge on any atom is -0.328 e. The third-order valence-corrected chi connectivity index (χ3v) is 2.33. The van der Waals surface area contributed by atoms with Crippen molar-refractivity contribution in [2.45, 2.75) is 20.3 Å². The van der Waals surface area contributed by atoms with E-state index in [1.807, 2.05) is 6.92 Å². The standard InChI is InChI=1S/C10H12N2O3/c1-3-8-7(2)10(12(14)15)5-4-9(8)11-6-13/h4-6H,3H2,1-2H3,(H,11,13). The van der Waals surface area contributed by atoms with E-state index in [0.29, 0.717) is 24.1 Å². The smallest absolute Gasteiger partial charge is 0.272 e. The molecule has 1 N–H and O–H groups in total. The molecular formula is C10H12N2O3. The van der Waals surface area contributed by atoms with Crippen LogP contribution in [0, 0.1) is 17.0 Å². The molecule has 5 heteroatoms. The Labute approximate surface area is 87.3 Å². The topological polar surface area (TPSA) is 72.2 Å². The number of carbonyl (C=O) groups is 1. The summed E-state index contributed by atoms with van der Waals surface area (Å²) >= 11 is 0. The van der Waals surface area contributed by atoms with E-state index in [2.05, 4.69) is 5.32 Å². The average Bonchev–Trinajstić information content (AvgIpc) is 2.18. The minimum atomic E-state index is -0.417. The quantitative estimate of drug-likeness (QED) is 0.467. The van der Waals surface area contributed by atoms with E-state index in [-0.39, 0.29) is 5.69 Å². The second-order valence-electron chi connectivity index (χ2n) is 3.11. The van der Waals surface area contributed by atoms with E-state index in [9.17, 15) is 14.9 Å². The number of nitro benzene ring substituents is 1. The van der Waals surface area contributed by atoms with Crippen LogP contribution < -0.4 is 5.32 Å². The molecule has 0 aliphatic heterocycles. The van der Waals surface area contributed by atoms with Crippen molar-refractivity contribution in [2.24, 2.45) is 0 Å². The first-order chi connectivity index (χ1) is 7.11. The van der Waals surface area contributed by atoms with Gasteiger partial charge in [-0.15, -0.1) is 0 Å². The molecule has 0 radical (unpaired) electrons. The molecule has 0 unspecified atom stereocenters. The number of hydrogen-bond acceptors (Lipinski definition) is 3. The Morgan fingerprint density at radius 1 is 1.53 bits per heavy atom. The lowest BCUT2D eigenvalue weighted by Crippen LogP contribution is -2.02. The summed E-state index contributed by atoms with van der Waals surface area (Å²) < 4.78 is 0. The molecule has 0 fully saturated rings. The SMILES string of the molecule is CCc1c(NC=O)ccc([N+](=O)[O-])c1C. The Kier molecular flexibility index (Phi) is 3.38. The van der Waals surface area contributed by atoms with E-state index < -0.39 is 4.92 Å². The number of rotatable bonds is 4. The van der Waals surface area contributed by atoms with Gasteiger partial charge in [-0.1, -0.05) is 6.92 Å². The molecule has 1 amide bonds. The highest BCUT2D eigenvalue weighted by molar-refractivity contribution is 5.75. The molecule has 1 aromatic rings. The Morgan fingerprint density at radius 2 is 2.20 bits per heavy atom. The third kappa shape index (κ3) is 2.12. The molecule has 0 bridgehead atoms. The van der Waals surface area contributed by atoms with Crippen LogP contribution in [0.25, 0.3) is 0 Å². The van der Waals surface area contributed by atoms with E-state index in [1.165, 1.54) is 6.07 Å². The zero-order chi connectivity index (χ0) is 11.4. The van der Waals surface area contributed by atoms with Crippen molar-refractivity contribution in [3.05, 3.63) is 33.4 Å². The Hall–Kier alpha value is -1.91. The van der Waals surface area contributed by atoms with Crippen molar-refractivity contribution in [1.29, 1.82) is 0 Å². The first kappa shape index (κ1) is 11.2. The normalized spacial score (nSPS) is 9.73. The van der Waals surface area contributed by atoms with Gasteiger partial charge in [0.2, 0.25) is 6.41 Å². The second kappa shape index (κ2) is 4.54. The van der Waals surface area contributed by atoms with Gasteiger partial charge in [-0.05, 0) is 25.0 Å². The van der Waals surface area contributed by atoms with Crippen LogP contribution in [0.15, 0.2) is 12.1 Å². The maximum absolute atomic E-state index is 10.7. The van der Waals surface area contributed by atoms with E-state index >= 15 is 0 Å². The van der Waals surface area contributed by atoms with Crippen LogP contribution in [0.3, 0.4) is 0 Å². The third-order valence-electron chi connectivity index (χ3n) is 2.33. The summed E-state index contributed by atoms with van der Waals surface area (Å²) in [6, 6.07) is 2.96. The fraction of sp³-hybridized carbons (Fsp3) is 0.300. The zero-order valence-corrected chi connectivity index (χ0v) is 8.61. The van der Waals surface area contributed by atoms with Crippen LogP contribution in [0.2, 0.25) is 0 Å². The summed E-state index contributed by atoms with van der Waals surface area (Å²) in [5.41, 5.74) is 2.13. The van der Waals surface area contributed by atoms with Crippen molar-refractivity contribution >= 4 is 17.8 Å². The number of carbonyl (C=O) groups excluding carboxylic acids is 1. The van der Waals surface area contributed by atoms with Crippen molar-refractivity contribution in [3.63, 3.8) is 0 Å². The van der Waals surface area contributed by atoms with Gasteiger partial charge in [-0.2, -0.15) is 0 Å². The van der Waals surface area contributed by atoms with Crippen LogP contribution in [0.1, 0.15) is 18.1 Å². The number of anilines is 1. The maximum Gasteiger partial charge on any atom is 0.272 e.